The molecule has 1 unspecified atom stereocenters. The van der Waals surface area contributed by atoms with Gasteiger partial charge in [-0.2, -0.15) is 0 Å². The third-order valence-electron chi connectivity index (χ3n) is 2.32. The molecule has 0 bridgehead atoms. The smallest absolute Gasteiger partial charge is 0.238 e. The Morgan fingerprint density at radius 2 is 2.33 bits per heavy atom. The van der Waals surface area contributed by atoms with Crippen molar-refractivity contribution in [3.63, 3.8) is 0 Å². The summed E-state index contributed by atoms with van der Waals surface area (Å²) in [6.07, 6.45) is 3.54. The van der Waals surface area contributed by atoms with E-state index in [1.807, 2.05) is 18.5 Å². The molecule has 1 aromatic rings. The second-order valence-corrected chi connectivity index (χ2v) is 3.83. The topological polar surface area (TPSA) is 50.2 Å². The summed E-state index contributed by atoms with van der Waals surface area (Å²) in [4.78, 5) is 17.1. The van der Waals surface area contributed by atoms with Crippen molar-refractivity contribution in [1.82, 2.24) is 19.8 Å². The van der Waals surface area contributed by atoms with Gasteiger partial charge in [-0.1, -0.05) is 0 Å². The SMILES string of the molecule is CC(NCc1cncn1C)C(=O)N(C)C. The molecule has 0 radical (unpaired) electrons. The number of amides is 1. The van der Waals surface area contributed by atoms with E-state index in [9.17, 15) is 4.79 Å². The average molecular weight is 210 g/mol. The predicted molar refractivity (Wildman–Crippen MR) is 58.2 cm³/mol. The van der Waals surface area contributed by atoms with Crippen molar-refractivity contribution >= 4 is 5.91 Å². The van der Waals surface area contributed by atoms with Gasteiger partial charge in [-0.25, -0.2) is 4.98 Å². The van der Waals surface area contributed by atoms with Gasteiger partial charge >= 0.3 is 0 Å². The van der Waals surface area contributed by atoms with Crippen LogP contribution in [0.2, 0.25) is 0 Å². The standard InChI is InChI=1S/C10H18N4O/c1-8(10(15)13(2)3)12-6-9-5-11-7-14(9)4/h5,7-8,12H,6H2,1-4H3. The van der Waals surface area contributed by atoms with Crippen molar-refractivity contribution in [2.45, 2.75) is 19.5 Å². The van der Waals surface area contributed by atoms with Crippen molar-refractivity contribution in [3.05, 3.63) is 18.2 Å². The lowest BCUT2D eigenvalue weighted by Crippen LogP contribution is -2.41. The molecule has 1 aromatic heterocycles. The molecule has 0 spiro atoms. The van der Waals surface area contributed by atoms with Crippen LogP contribution < -0.4 is 5.32 Å². The number of nitrogens with one attached hydrogen (secondary N) is 1. The Kier molecular flexibility index (Phi) is 3.85. The molecule has 1 N–H and O–H groups in total. The van der Waals surface area contributed by atoms with Gasteiger partial charge in [0.15, 0.2) is 0 Å². The maximum absolute atomic E-state index is 11.5. The first-order chi connectivity index (χ1) is 7.02. The number of carbonyl (C=O) groups is 1. The minimum Gasteiger partial charge on any atom is -0.347 e. The summed E-state index contributed by atoms with van der Waals surface area (Å²) >= 11 is 0. The average Bonchev–Trinajstić information content (AvgIpc) is 2.59. The number of likely N-dealkylation sites (N-methyl/N-ethyl adjacent to an activating group) is 1. The maximum Gasteiger partial charge on any atom is 0.238 e. The molecule has 15 heavy (non-hydrogen) atoms. The van der Waals surface area contributed by atoms with Crippen LogP contribution in [0.4, 0.5) is 0 Å². The fourth-order valence-electron chi connectivity index (χ4n) is 1.29. The van der Waals surface area contributed by atoms with Crippen LogP contribution in [-0.4, -0.2) is 40.5 Å². The van der Waals surface area contributed by atoms with Gasteiger partial charge in [0.05, 0.1) is 18.1 Å². The van der Waals surface area contributed by atoms with Crippen LogP contribution in [-0.2, 0) is 18.4 Å². The summed E-state index contributed by atoms with van der Waals surface area (Å²) in [6.45, 7) is 2.51. The molecule has 0 fully saturated rings. The monoisotopic (exact) mass is 210 g/mol. The second-order valence-electron chi connectivity index (χ2n) is 3.83. The van der Waals surface area contributed by atoms with Crippen LogP contribution >= 0.6 is 0 Å². The highest BCUT2D eigenvalue weighted by atomic mass is 16.2. The third kappa shape index (κ3) is 3.06. The Balaban J connectivity index is 2.44. The molecule has 5 nitrogen and oxygen atoms in total. The number of hydrogen-bond acceptors (Lipinski definition) is 3. The van der Waals surface area contributed by atoms with Crippen molar-refractivity contribution in [1.29, 1.82) is 0 Å². The van der Waals surface area contributed by atoms with Crippen LogP contribution in [0.5, 0.6) is 0 Å². The van der Waals surface area contributed by atoms with Crippen LogP contribution in [0.1, 0.15) is 12.6 Å². The van der Waals surface area contributed by atoms with E-state index in [-0.39, 0.29) is 11.9 Å². The maximum atomic E-state index is 11.5. The van der Waals surface area contributed by atoms with Gasteiger partial charge in [-0.05, 0) is 6.92 Å². The number of aromatic nitrogens is 2. The molecule has 84 valence electrons. The highest BCUT2D eigenvalue weighted by Gasteiger charge is 2.14. The molecule has 1 rings (SSSR count). The van der Waals surface area contributed by atoms with E-state index >= 15 is 0 Å². The molecule has 0 saturated carbocycles. The highest BCUT2D eigenvalue weighted by molar-refractivity contribution is 5.80. The van der Waals surface area contributed by atoms with E-state index in [0.29, 0.717) is 6.54 Å². The van der Waals surface area contributed by atoms with E-state index in [0.717, 1.165) is 5.69 Å². The van der Waals surface area contributed by atoms with E-state index in [2.05, 4.69) is 10.3 Å². The van der Waals surface area contributed by atoms with Crippen molar-refractivity contribution in [2.24, 2.45) is 7.05 Å². The Bertz CT molecular complexity index is 332. The number of aryl methyl sites for hydroxylation is 1. The first-order valence-corrected chi connectivity index (χ1v) is 4.92. The fraction of sp³-hybridized carbons (Fsp3) is 0.600. The minimum absolute atomic E-state index is 0.0807. The molecule has 1 amide bonds. The largest absolute Gasteiger partial charge is 0.347 e. The number of nitrogens with zero attached hydrogens (tertiary/aromatic N) is 3. The summed E-state index contributed by atoms with van der Waals surface area (Å²) in [6, 6.07) is -0.171. The number of rotatable bonds is 4. The third-order valence-corrected chi connectivity index (χ3v) is 2.32. The van der Waals surface area contributed by atoms with Crippen molar-refractivity contribution in [2.75, 3.05) is 14.1 Å². The first-order valence-electron chi connectivity index (χ1n) is 4.92. The van der Waals surface area contributed by atoms with Crippen LogP contribution in [0.3, 0.4) is 0 Å². The molecule has 0 aromatic carbocycles. The highest BCUT2D eigenvalue weighted by Crippen LogP contribution is 1.97. The molecular formula is C10H18N4O. The number of carbonyl (C=O) groups excluding carboxylic acids is 1. The van der Waals surface area contributed by atoms with Gasteiger partial charge in [0.25, 0.3) is 0 Å². The molecule has 5 heteroatoms. The molecule has 0 aliphatic carbocycles. The quantitative estimate of drug-likeness (QED) is 0.760. The van der Waals surface area contributed by atoms with E-state index in [1.54, 1.807) is 31.5 Å². The zero-order valence-electron chi connectivity index (χ0n) is 9.69. The van der Waals surface area contributed by atoms with Gasteiger partial charge in [-0.3, -0.25) is 4.79 Å². The van der Waals surface area contributed by atoms with E-state index in [1.165, 1.54) is 0 Å². The summed E-state index contributed by atoms with van der Waals surface area (Å²) in [7, 11) is 5.44. The molecule has 1 atom stereocenters. The van der Waals surface area contributed by atoms with Crippen molar-refractivity contribution in [3.8, 4) is 0 Å². The van der Waals surface area contributed by atoms with Crippen LogP contribution in [0.25, 0.3) is 0 Å². The fourth-order valence-corrected chi connectivity index (χ4v) is 1.29. The molecular weight excluding hydrogens is 192 g/mol. The molecule has 0 aliphatic rings. The Morgan fingerprint density at radius 3 is 2.80 bits per heavy atom. The predicted octanol–water partition coefficient (Wildman–Crippen LogP) is -0.0136. The normalized spacial score (nSPS) is 12.5. The Labute approximate surface area is 90.1 Å². The number of imidazole rings is 1. The summed E-state index contributed by atoms with van der Waals surface area (Å²) < 4.78 is 1.93. The minimum atomic E-state index is -0.171. The lowest BCUT2D eigenvalue weighted by Gasteiger charge is -2.17. The first kappa shape index (κ1) is 11.7. The summed E-state index contributed by atoms with van der Waals surface area (Å²) in [5.74, 6) is 0.0807. The summed E-state index contributed by atoms with van der Waals surface area (Å²) in [5.41, 5.74) is 1.06. The second kappa shape index (κ2) is 4.93. The molecule has 0 aliphatic heterocycles. The van der Waals surface area contributed by atoms with Gasteiger partial charge in [0.1, 0.15) is 0 Å². The zero-order valence-corrected chi connectivity index (χ0v) is 9.69. The number of hydrogen-bond donors (Lipinski definition) is 1. The van der Waals surface area contributed by atoms with Gasteiger partial charge in [-0.15, -0.1) is 0 Å². The zero-order chi connectivity index (χ0) is 11.4. The Morgan fingerprint density at radius 1 is 1.67 bits per heavy atom. The van der Waals surface area contributed by atoms with Crippen molar-refractivity contribution < 1.29 is 4.79 Å². The Hall–Kier alpha value is -1.36. The van der Waals surface area contributed by atoms with E-state index in [4.69, 9.17) is 0 Å². The summed E-state index contributed by atoms with van der Waals surface area (Å²) in [5, 5.41) is 3.15. The van der Waals surface area contributed by atoms with Gasteiger partial charge in [0, 0.05) is 33.9 Å². The lowest BCUT2D eigenvalue weighted by molar-refractivity contribution is -0.130. The van der Waals surface area contributed by atoms with Crippen LogP contribution in [0.15, 0.2) is 12.5 Å². The lowest BCUT2D eigenvalue weighted by atomic mass is 10.3. The molecule has 1 heterocycles. The molecule has 0 saturated heterocycles. The van der Waals surface area contributed by atoms with Gasteiger partial charge in [0.2, 0.25) is 5.91 Å². The van der Waals surface area contributed by atoms with Gasteiger partial charge < -0.3 is 14.8 Å². The van der Waals surface area contributed by atoms with E-state index < -0.39 is 0 Å². The van der Waals surface area contributed by atoms with Crippen LogP contribution in [0, 0.1) is 0 Å².